The van der Waals surface area contributed by atoms with Crippen LogP contribution in [0.1, 0.15) is 23.0 Å². The van der Waals surface area contributed by atoms with Gasteiger partial charge in [-0.2, -0.15) is 0 Å². The second-order valence-corrected chi connectivity index (χ2v) is 3.68. The van der Waals surface area contributed by atoms with Crippen molar-refractivity contribution in [2.45, 2.75) is 13.8 Å². The molecule has 3 heteroatoms. The lowest BCUT2D eigenvalue weighted by atomic mass is 10.1. The van der Waals surface area contributed by atoms with E-state index >= 15 is 0 Å². The monoisotopic (exact) mass is 218 g/mol. The first-order valence-electron chi connectivity index (χ1n) is 4.95. The number of Topliss-reactive ketones (excluding diaryl/α,β-unsaturated/α-hetero) is 1. The lowest BCUT2D eigenvalue weighted by Crippen LogP contribution is -1.86. The first-order chi connectivity index (χ1) is 7.58. The molecule has 0 spiro atoms. The van der Waals surface area contributed by atoms with Gasteiger partial charge in [0.05, 0.1) is 0 Å². The number of benzene rings is 1. The molecule has 82 valence electrons. The predicted octanol–water partition coefficient (Wildman–Crippen LogP) is 3.60. The van der Waals surface area contributed by atoms with Crippen LogP contribution in [0.15, 0.2) is 34.7 Å². The van der Waals surface area contributed by atoms with Gasteiger partial charge in [-0.15, -0.1) is 0 Å². The minimum atomic E-state index is -0.279. The number of hydrogen-bond donors (Lipinski definition) is 0. The molecule has 0 aliphatic heterocycles. The molecule has 16 heavy (non-hydrogen) atoms. The number of carbonyl (C=O) groups is 1. The Hall–Kier alpha value is -1.90. The summed E-state index contributed by atoms with van der Waals surface area (Å²) < 4.78 is 18.6. The molecule has 2 aromatic rings. The van der Waals surface area contributed by atoms with Crippen molar-refractivity contribution in [2.75, 3.05) is 0 Å². The molecule has 0 saturated carbocycles. The molecule has 0 atom stereocenters. The predicted molar refractivity (Wildman–Crippen MR) is 58.8 cm³/mol. The fraction of sp³-hybridized carbons (Fsp3) is 0.154. The standard InChI is InChI=1S/C13H11FO2/c1-8-3-4-10(7-11(8)14)13-6-5-12(16-13)9(2)15/h3-7H,1-2H3. The van der Waals surface area contributed by atoms with Crippen LogP contribution in [0.3, 0.4) is 0 Å². The smallest absolute Gasteiger partial charge is 0.194 e. The third-order valence-corrected chi connectivity index (χ3v) is 2.41. The molecule has 1 aromatic carbocycles. The fourth-order valence-corrected chi connectivity index (χ4v) is 1.43. The van der Waals surface area contributed by atoms with Crippen molar-refractivity contribution in [2.24, 2.45) is 0 Å². The Morgan fingerprint density at radius 2 is 2.00 bits per heavy atom. The average molecular weight is 218 g/mol. The Balaban J connectivity index is 2.42. The highest BCUT2D eigenvalue weighted by atomic mass is 19.1. The van der Waals surface area contributed by atoms with Crippen LogP contribution in [0.4, 0.5) is 4.39 Å². The van der Waals surface area contributed by atoms with E-state index in [0.717, 1.165) is 0 Å². The highest BCUT2D eigenvalue weighted by Crippen LogP contribution is 2.24. The van der Waals surface area contributed by atoms with E-state index in [0.29, 0.717) is 16.9 Å². The Bertz CT molecular complexity index is 541. The van der Waals surface area contributed by atoms with Gasteiger partial charge in [-0.25, -0.2) is 4.39 Å². The van der Waals surface area contributed by atoms with Crippen molar-refractivity contribution in [1.82, 2.24) is 0 Å². The van der Waals surface area contributed by atoms with Gasteiger partial charge in [-0.05, 0) is 30.7 Å². The molecule has 0 unspecified atom stereocenters. The molecular weight excluding hydrogens is 207 g/mol. The van der Waals surface area contributed by atoms with Gasteiger partial charge < -0.3 is 4.42 Å². The van der Waals surface area contributed by atoms with Crippen molar-refractivity contribution in [3.8, 4) is 11.3 Å². The largest absolute Gasteiger partial charge is 0.453 e. The molecule has 1 aromatic heterocycles. The minimum absolute atomic E-state index is 0.140. The molecule has 0 bridgehead atoms. The lowest BCUT2D eigenvalue weighted by Gasteiger charge is -1.99. The van der Waals surface area contributed by atoms with Crippen molar-refractivity contribution >= 4 is 5.78 Å². The van der Waals surface area contributed by atoms with E-state index < -0.39 is 0 Å². The first kappa shape index (κ1) is 10.6. The Kier molecular flexibility index (Phi) is 2.60. The number of ketones is 1. The zero-order valence-electron chi connectivity index (χ0n) is 9.08. The normalized spacial score (nSPS) is 10.4. The lowest BCUT2D eigenvalue weighted by molar-refractivity contribution is 0.0988. The summed E-state index contributed by atoms with van der Waals surface area (Å²) in [4.78, 5) is 11.0. The SMILES string of the molecule is CC(=O)c1ccc(-c2ccc(C)c(F)c2)o1. The molecule has 0 saturated heterocycles. The molecule has 1 heterocycles. The topological polar surface area (TPSA) is 30.2 Å². The second-order valence-electron chi connectivity index (χ2n) is 3.68. The average Bonchev–Trinajstić information content (AvgIpc) is 2.71. The summed E-state index contributed by atoms with van der Waals surface area (Å²) in [6, 6.07) is 8.11. The number of halogens is 1. The van der Waals surface area contributed by atoms with Crippen LogP contribution >= 0.6 is 0 Å². The summed E-state index contributed by atoms with van der Waals surface area (Å²) in [7, 11) is 0. The molecular formula is C13H11FO2. The third-order valence-electron chi connectivity index (χ3n) is 2.41. The summed E-state index contributed by atoms with van der Waals surface area (Å²) in [5, 5.41) is 0. The Morgan fingerprint density at radius 3 is 2.56 bits per heavy atom. The number of aryl methyl sites for hydroxylation is 1. The van der Waals surface area contributed by atoms with Gasteiger partial charge in [0.15, 0.2) is 11.5 Å². The summed E-state index contributed by atoms with van der Waals surface area (Å²) in [5.74, 6) is 0.372. The Labute approximate surface area is 92.7 Å². The van der Waals surface area contributed by atoms with E-state index in [9.17, 15) is 9.18 Å². The van der Waals surface area contributed by atoms with Gasteiger partial charge in [0.2, 0.25) is 0 Å². The van der Waals surface area contributed by atoms with Crippen molar-refractivity contribution in [1.29, 1.82) is 0 Å². The third kappa shape index (κ3) is 1.89. The van der Waals surface area contributed by atoms with E-state index in [2.05, 4.69) is 0 Å². The highest BCUT2D eigenvalue weighted by Gasteiger charge is 2.09. The van der Waals surface area contributed by atoms with E-state index in [1.54, 1.807) is 31.2 Å². The summed E-state index contributed by atoms with van der Waals surface area (Å²) in [5.41, 5.74) is 1.22. The summed E-state index contributed by atoms with van der Waals surface area (Å²) >= 11 is 0. The van der Waals surface area contributed by atoms with Crippen LogP contribution in [-0.4, -0.2) is 5.78 Å². The van der Waals surface area contributed by atoms with Gasteiger partial charge >= 0.3 is 0 Å². The summed E-state index contributed by atoms with van der Waals surface area (Å²) in [6.45, 7) is 3.13. The maximum atomic E-state index is 13.3. The van der Waals surface area contributed by atoms with Crippen LogP contribution < -0.4 is 0 Å². The van der Waals surface area contributed by atoms with Crippen LogP contribution in [-0.2, 0) is 0 Å². The van der Waals surface area contributed by atoms with Crippen molar-refractivity contribution < 1.29 is 13.6 Å². The molecule has 0 N–H and O–H groups in total. The fourth-order valence-electron chi connectivity index (χ4n) is 1.43. The van der Waals surface area contributed by atoms with Crippen molar-refractivity contribution in [3.05, 3.63) is 47.5 Å². The molecule has 0 aliphatic rings. The number of carbonyl (C=O) groups excluding carboxylic acids is 1. The quantitative estimate of drug-likeness (QED) is 0.721. The van der Waals surface area contributed by atoms with Crippen LogP contribution in [0.2, 0.25) is 0 Å². The number of furan rings is 1. The number of rotatable bonds is 2. The van der Waals surface area contributed by atoms with Crippen LogP contribution in [0.5, 0.6) is 0 Å². The van der Waals surface area contributed by atoms with E-state index in [1.807, 2.05) is 0 Å². The van der Waals surface area contributed by atoms with Gasteiger partial charge in [0.25, 0.3) is 0 Å². The van der Waals surface area contributed by atoms with E-state index in [-0.39, 0.29) is 17.4 Å². The molecule has 2 rings (SSSR count). The van der Waals surface area contributed by atoms with Gasteiger partial charge in [-0.1, -0.05) is 12.1 Å². The van der Waals surface area contributed by atoms with Gasteiger partial charge in [0, 0.05) is 12.5 Å². The zero-order valence-corrected chi connectivity index (χ0v) is 9.08. The Morgan fingerprint density at radius 1 is 1.25 bits per heavy atom. The zero-order chi connectivity index (χ0) is 11.7. The van der Waals surface area contributed by atoms with Gasteiger partial charge in [0.1, 0.15) is 11.6 Å². The van der Waals surface area contributed by atoms with Crippen LogP contribution in [0.25, 0.3) is 11.3 Å². The number of hydrogen-bond acceptors (Lipinski definition) is 2. The first-order valence-corrected chi connectivity index (χ1v) is 4.95. The second kappa shape index (κ2) is 3.93. The minimum Gasteiger partial charge on any atom is -0.453 e. The highest BCUT2D eigenvalue weighted by molar-refractivity contribution is 5.91. The maximum absolute atomic E-state index is 13.3. The molecule has 0 amide bonds. The molecule has 0 fully saturated rings. The molecule has 0 aliphatic carbocycles. The maximum Gasteiger partial charge on any atom is 0.194 e. The van der Waals surface area contributed by atoms with E-state index in [4.69, 9.17) is 4.42 Å². The van der Waals surface area contributed by atoms with Crippen LogP contribution in [0, 0.1) is 12.7 Å². The molecule has 2 nitrogen and oxygen atoms in total. The summed E-state index contributed by atoms with van der Waals surface area (Å²) in [6.07, 6.45) is 0. The molecule has 0 radical (unpaired) electrons. The van der Waals surface area contributed by atoms with Gasteiger partial charge in [-0.3, -0.25) is 4.79 Å². The van der Waals surface area contributed by atoms with E-state index in [1.165, 1.54) is 13.0 Å². The van der Waals surface area contributed by atoms with Crippen molar-refractivity contribution in [3.63, 3.8) is 0 Å².